The Morgan fingerprint density at radius 1 is 1.17 bits per heavy atom. The highest BCUT2D eigenvalue weighted by Crippen LogP contribution is 2.25. The highest BCUT2D eigenvalue weighted by molar-refractivity contribution is 8.00. The second kappa shape index (κ2) is 8.54. The van der Waals surface area contributed by atoms with E-state index in [1.807, 2.05) is 13.0 Å². The van der Waals surface area contributed by atoms with Crippen LogP contribution in [-0.2, 0) is 11.3 Å². The number of ether oxygens (including phenoxy) is 1. The molecule has 0 bridgehead atoms. The molecule has 130 valence electrons. The standard InChI is InChI=1S/C20H27NO2S/c1-14-7-8-15(2)20(11-14)24-13-19(22)18-12-16(3)21(17(18)4)9-6-10-23-5/h7-8,11-12H,6,9-10,13H2,1-5H3. The Morgan fingerprint density at radius 3 is 2.62 bits per heavy atom. The molecule has 0 N–H and O–H groups in total. The average molecular weight is 346 g/mol. The number of Topliss-reactive ketones (excluding diaryl/α,β-unsaturated/α-hetero) is 1. The van der Waals surface area contributed by atoms with Crippen molar-refractivity contribution in [2.75, 3.05) is 19.5 Å². The molecule has 0 aliphatic carbocycles. The molecular weight excluding hydrogens is 318 g/mol. The van der Waals surface area contributed by atoms with Gasteiger partial charge in [0.05, 0.1) is 5.75 Å². The summed E-state index contributed by atoms with van der Waals surface area (Å²) >= 11 is 1.63. The van der Waals surface area contributed by atoms with Gasteiger partial charge in [-0.1, -0.05) is 17.7 Å². The quantitative estimate of drug-likeness (QED) is 0.394. The van der Waals surface area contributed by atoms with Crippen LogP contribution in [0.1, 0.15) is 39.3 Å². The molecule has 0 atom stereocenters. The molecule has 2 aromatic rings. The number of carbonyl (C=O) groups is 1. The van der Waals surface area contributed by atoms with E-state index in [0.717, 1.165) is 36.5 Å². The number of aromatic nitrogens is 1. The van der Waals surface area contributed by atoms with Crippen LogP contribution in [0.25, 0.3) is 0 Å². The summed E-state index contributed by atoms with van der Waals surface area (Å²) in [5.74, 6) is 0.680. The number of methoxy groups -OCH3 is 1. The maximum absolute atomic E-state index is 12.7. The van der Waals surface area contributed by atoms with Gasteiger partial charge in [-0.25, -0.2) is 0 Å². The van der Waals surface area contributed by atoms with Crippen molar-refractivity contribution in [3.63, 3.8) is 0 Å². The molecule has 0 spiro atoms. The number of aryl methyl sites for hydroxylation is 3. The summed E-state index contributed by atoms with van der Waals surface area (Å²) < 4.78 is 7.34. The molecule has 0 aliphatic rings. The minimum Gasteiger partial charge on any atom is -0.385 e. The molecule has 24 heavy (non-hydrogen) atoms. The molecule has 0 saturated carbocycles. The molecule has 1 aromatic carbocycles. The van der Waals surface area contributed by atoms with Crippen LogP contribution in [-0.4, -0.2) is 29.8 Å². The Morgan fingerprint density at radius 2 is 1.92 bits per heavy atom. The van der Waals surface area contributed by atoms with Gasteiger partial charge >= 0.3 is 0 Å². The van der Waals surface area contributed by atoms with E-state index in [9.17, 15) is 4.79 Å². The van der Waals surface area contributed by atoms with Gasteiger partial charge in [0, 0.05) is 42.1 Å². The van der Waals surface area contributed by atoms with Gasteiger partial charge < -0.3 is 9.30 Å². The molecule has 2 rings (SSSR count). The molecule has 4 heteroatoms. The lowest BCUT2D eigenvalue weighted by Crippen LogP contribution is -2.08. The third-order valence-electron chi connectivity index (χ3n) is 4.31. The third-order valence-corrected chi connectivity index (χ3v) is 5.46. The topological polar surface area (TPSA) is 31.2 Å². The maximum atomic E-state index is 12.7. The van der Waals surface area contributed by atoms with Crippen molar-refractivity contribution in [2.24, 2.45) is 0 Å². The molecule has 0 radical (unpaired) electrons. The maximum Gasteiger partial charge on any atom is 0.174 e. The first-order valence-corrected chi connectivity index (χ1v) is 9.31. The minimum atomic E-state index is 0.201. The normalized spacial score (nSPS) is 11.0. The van der Waals surface area contributed by atoms with Crippen molar-refractivity contribution in [3.8, 4) is 0 Å². The fraction of sp³-hybridized carbons (Fsp3) is 0.450. The number of thioether (sulfide) groups is 1. The van der Waals surface area contributed by atoms with E-state index in [-0.39, 0.29) is 5.78 Å². The van der Waals surface area contributed by atoms with Gasteiger partial charge in [-0.2, -0.15) is 0 Å². The third kappa shape index (κ3) is 4.52. The molecule has 0 unspecified atom stereocenters. The highest BCUT2D eigenvalue weighted by Gasteiger charge is 2.16. The zero-order valence-electron chi connectivity index (χ0n) is 15.3. The number of benzene rings is 1. The highest BCUT2D eigenvalue weighted by atomic mass is 32.2. The largest absolute Gasteiger partial charge is 0.385 e. The molecule has 0 fully saturated rings. The van der Waals surface area contributed by atoms with Gasteiger partial charge in [-0.05, 0) is 51.8 Å². The van der Waals surface area contributed by atoms with Gasteiger partial charge in [-0.15, -0.1) is 11.8 Å². The zero-order valence-corrected chi connectivity index (χ0v) is 16.1. The van der Waals surface area contributed by atoms with Crippen LogP contribution >= 0.6 is 11.8 Å². The number of nitrogens with zero attached hydrogens (tertiary/aromatic N) is 1. The number of hydrogen-bond acceptors (Lipinski definition) is 3. The Kier molecular flexibility index (Phi) is 6.69. The van der Waals surface area contributed by atoms with Crippen LogP contribution in [0.3, 0.4) is 0 Å². The Bertz CT molecular complexity index is 719. The monoisotopic (exact) mass is 345 g/mol. The van der Waals surface area contributed by atoms with Crippen LogP contribution in [0.5, 0.6) is 0 Å². The number of rotatable bonds is 8. The molecule has 0 aliphatic heterocycles. The minimum absolute atomic E-state index is 0.201. The smallest absolute Gasteiger partial charge is 0.174 e. The molecule has 1 heterocycles. The van der Waals surface area contributed by atoms with E-state index in [2.05, 4.69) is 43.5 Å². The molecule has 1 aromatic heterocycles. The van der Waals surface area contributed by atoms with Crippen LogP contribution in [0.2, 0.25) is 0 Å². The summed E-state index contributed by atoms with van der Waals surface area (Å²) in [6, 6.07) is 8.40. The van der Waals surface area contributed by atoms with E-state index in [4.69, 9.17) is 4.74 Å². The summed E-state index contributed by atoms with van der Waals surface area (Å²) in [6.45, 7) is 9.91. The Hall–Kier alpha value is -1.52. The number of carbonyl (C=O) groups excluding carboxylic acids is 1. The van der Waals surface area contributed by atoms with Crippen LogP contribution in [0.4, 0.5) is 0 Å². The Balaban J connectivity index is 2.07. The summed E-state index contributed by atoms with van der Waals surface area (Å²) in [5, 5.41) is 0. The van der Waals surface area contributed by atoms with E-state index in [1.54, 1.807) is 18.9 Å². The number of hydrogen-bond donors (Lipinski definition) is 0. The fourth-order valence-electron chi connectivity index (χ4n) is 2.88. The van der Waals surface area contributed by atoms with Gasteiger partial charge in [0.1, 0.15) is 0 Å². The van der Waals surface area contributed by atoms with Crippen molar-refractivity contribution < 1.29 is 9.53 Å². The first-order chi connectivity index (χ1) is 11.4. The molecular formula is C20H27NO2S. The molecule has 0 amide bonds. The van der Waals surface area contributed by atoms with E-state index in [1.165, 1.54) is 16.0 Å². The van der Waals surface area contributed by atoms with Crippen molar-refractivity contribution in [1.29, 1.82) is 0 Å². The summed E-state index contributed by atoms with van der Waals surface area (Å²) in [5.41, 5.74) is 5.51. The summed E-state index contributed by atoms with van der Waals surface area (Å²) in [6.07, 6.45) is 0.956. The Labute approximate surface area is 149 Å². The summed E-state index contributed by atoms with van der Waals surface area (Å²) in [4.78, 5) is 13.9. The van der Waals surface area contributed by atoms with E-state index >= 15 is 0 Å². The summed E-state index contributed by atoms with van der Waals surface area (Å²) in [7, 11) is 1.72. The van der Waals surface area contributed by atoms with E-state index in [0.29, 0.717) is 5.75 Å². The molecule has 3 nitrogen and oxygen atoms in total. The van der Waals surface area contributed by atoms with Crippen molar-refractivity contribution in [3.05, 3.63) is 52.3 Å². The zero-order chi connectivity index (χ0) is 17.7. The lowest BCUT2D eigenvalue weighted by atomic mass is 10.2. The van der Waals surface area contributed by atoms with E-state index < -0.39 is 0 Å². The first-order valence-electron chi connectivity index (χ1n) is 8.33. The fourth-order valence-corrected chi connectivity index (χ4v) is 3.89. The van der Waals surface area contributed by atoms with Gasteiger partial charge in [0.25, 0.3) is 0 Å². The van der Waals surface area contributed by atoms with Crippen molar-refractivity contribution in [1.82, 2.24) is 4.57 Å². The second-order valence-corrected chi connectivity index (χ2v) is 7.28. The predicted molar refractivity (Wildman–Crippen MR) is 101 cm³/mol. The van der Waals surface area contributed by atoms with Crippen molar-refractivity contribution in [2.45, 2.75) is 45.6 Å². The second-order valence-electron chi connectivity index (χ2n) is 6.26. The first kappa shape index (κ1) is 18.8. The van der Waals surface area contributed by atoms with Gasteiger partial charge in [0.15, 0.2) is 5.78 Å². The van der Waals surface area contributed by atoms with Gasteiger partial charge in [-0.3, -0.25) is 4.79 Å². The van der Waals surface area contributed by atoms with Crippen LogP contribution in [0, 0.1) is 27.7 Å². The van der Waals surface area contributed by atoms with Crippen LogP contribution < -0.4 is 0 Å². The molecule has 0 saturated heterocycles. The SMILES string of the molecule is COCCCn1c(C)cc(C(=O)CSc2cc(C)ccc2C)c1C. The predicted octanol–water partition coefficient (Wildman–Crippen LogP) is 4.73. The average Bonchev–Trinajstić information content (AvgIpc) is 2.83. The lowest BCUT2D eigenvalue weighted by Gasteiger charge is -2.09. The lowest BCUT2D eigenvalue weighted by molar-refractivity contribution is 0.102. The van der Waals surface area contributed by atoms with Crippen molar-refractivity contribution >= 4 is 17.5 Å². The number of ketones is 1. The van der Waals surface area contributed by atoms with Gasteiger partial charge in [0.2, 0.25) is 0 Å². The van der Waals surface area contributed by atoms with Crippen LogP contribution in [0.15, 0.2) is 29.2 Å².